The molecule has 1 atom stereocenters. The fourth-order valence-corrected chi connectivity index (χ4v) is 2.81. The molecule has 3 rings (SSSR count). The number of nitrogens with two attached hydrogens (primary N) is 1. The van der Waals surface area contributed by atoms with Crippen LogP contribution in [-0.4, -0.2) is 15.6 Å². The predicted octanol–water partition coefficient (Wildman–Crippen LogP) is 2.72. The largest absolute Gasteiger partial charge is 0.344 e. The summed E-state index contributed by atoms with van der Waals surface area (Å²) in [5, 5.41) is 1.30. The summed E-state index contributed by atoms with van der Waals surface area (Å²) in [7, 11) is 0. The lowest BCUT2D eigenvalue weighted by Gasteiger charge is -2.05. The van der Waals surface area contributed by atoms with Gasteiger partial charge in [-0.05, 0) is 37.8 Å². The van der Waals surface area contributed by atoms with E-state index in [4.69, 9.17) is 5.73 Å². The highest BCUT2D eigenvalue weighted by Gasteiger charge is 2.21. The van der Waals surface area contributed by atoms with Crippen molar-refractivity contribution in [2.24, 2.45) is 5.73 Å². The molecule has 100 valence electrons. The molecule has 3 heterocycles. The lowest BCUT2D eigenvalue weighted by molar-refractivity contribution is 0.733. The van der Waals surface area contributed by atoms with Crippen LogP contribution in [0.15, 0.2) is 18.5 Å². The van der Waals surface area contributed by atoms with Gasteiger partial charge in [-0.2, -0.15) is 0 Å². The molecule has 0 spiro atoms. The Morgan fingerprint density at radius 1 is 1.44 bits per heavy atom. The van der Waals surface area contributed by atoms with E-state index in [2.05, 4.69) is 22.5 Å². The maximum Gasteiger partial charge on any atom is 0.0516 e. The zero-order valence-corrected chi connectivity index (χ0v) is 12.1. The summed E-state index contributed by atoms with van der Waals surface area (Å²) in [6.45, 7) is 3.22. The molecule has 0 saturated heterocycles. The number of halogens is 2. The zero-order chi connectivity index (χ0) is 11.1. The van der Waals surface area contributed by atoms with Crippen molar-refractivity contribution in [3.8, 4) is 0 Å². The van der Waals surface area contributed by atoms with Crippen LogP contribution in [0.3, 0.4) is 0 Å². The summed E-state index contributed by atoms with van der Waals surface area (Å²) < 4.78 is 2.44. The second-order valence-corrected chi connectivity index (χ2v) is 4.75. The van der Waals surface area contributed by atoms with E-state index < -0.39 is 0 Å². The van der Waals surface area contributed by atoms with Gasteiger partial charge in [-0.1, -0.05) is 0 Å². The van der Waals surface area contributed by atoms with Gasteiger partial charge in [0.1, 0.15) is 0 Å². The Kier molecular flexibility index (Phi) is 5.02. The van der Waals surface area contributed by atoms with Crippen LogP contribution >= 0.6 is 24.8 Å². The SMILES string of the molecule is C[C@H](N)Cc1c2n(c3ccncc13)CCC2.Cl.Cl. The lowest BCUT2D eigenvalue weighted by Crippen LogP contribution is -2.18. The topological polar surface area (TPSA) is 43.8 Å². The van der Waals surface area contributed by atoms with Crippen LogP contribution in [0.25, 0.3) is 10.9 Å². The van der Waals surface area contributed by atoms with Crippen molar-refractivity contribution >= 4 is 35.7 Å². The van der Waals surface area contributed by atoms with E-state index in [-0.39, 0.29) is 30.9 Å². The predicted molar refractivity (Wildman–Crippen MR) is 79.9 cm³/mol. The molecule has 0 bridgehead atoms. The first-order valence-electron chi connectivity index (χ1n) is 5.97. The van der Waals surface area contributed by atoms with E-state index in [9.17, 15) is 0 Å². The van der Waals surface area contributed by atoms with Crippen molar-refractivity contribution in [2.75, 3.05) is 0 Å². The average Bonchev–Trinajstić information content (AvgIpc) is 2.82. The minimum atomic E-state index is 0. The Morgan fingerprint density at radius 2 is 2.22 bits per heavy atom. The minimum absolute atomic E-state index is 0. The summed E-state index contributed by atoms with van der Waals surface area (Å²) in [5.74, 6) is 0. The molecule has 0 radical (unpaired) electrons. The van der Waals surface area contributed by atoms with E-state index in [1.54, 1.807) is 0 Å². The number of nitrogens with zero attached hydrogens (tertiary/aromatic N) is 2. The molecule has 2 N–H and O–H groups in total. The Morgan fingerprint density at radius 3 is 2.94 bits per heavy atom. The molecular weight excluding hydrogens is 269 g/mol. The molecule has 0 aromatic carbocycles. The Labute approximate surface area is 120 Å². The first kappa shape index (κ1) is 15.3. The third kappa shape index (κ3) is 2.35. The molecule has 0 amide bonds. The number of rotatable bonds is 2. The normalized spacial score (nSPS) is 14.8. The number of aromatic nitrogens is 2. The first-order valence-corrected chi connectivity index (χ1v) is 5.97. The van der Waals surface area contributed by atoms with E-state index in [0.717, 1.165) is 13.0 Å². The van der Waals surface area contributed by atoms with Crippen LogP contribution in [0.1, 0.15) is 24.6 Å². The van der Waals surface area contributed by atoms with Crippen molar-refractivity contribution in [1.29, 1.82) is 0 Å². The van der Waals surface area contributed by atoms with E-state index in [1.165, 1.54) is 35.0 Å². The highest BCUT2D eigenvalue weighted by atomic mass is 35.5. The zero-order valence-electron chi connectivity index (χ0n) is 10.4. The number of fused-ring (bicyclic) bond motifs is 3. The van der Waals surface area contributed by atoms with Gasteiger partial charge in [0.25, 0.3) is 0 Å². The quantitative estimate of drug-likeness (QED) is 0.923. The van der Waals surface area contributed by atoms with E-state index >= 15 is 0 Å². The summed E-state index contributed by atoms with van der Waals surface area (Å²) in [5.41, 5.74) is 10.2. The lowest BCUT2D eigenvalue weighted by atomic mass is 10.0. The molecule has 5 heteroatoms. The van der Waals surface area contributed by atoms with Crippen molar-refractivity contribution in [1.82, 2.24) is 9.55 Å². The number of aryl methyl sites for hydroxylation is 1. The minimum Gasteiger partial charge on any atom is -0.344 e. The molecule has 1 aliphatic heterocycles. The van der Waals surface area contributed by atoms with Crippen LogP contribution in [-0.2, 0) is 19.4 Å². The second-order valence-electron chi connectivity index (χ2n) is 4.75. The maximum atomic E-state index is 5.94. The van der Waals surface area contributed by atoms with Gasteiger partial charge in [0.15, 0.2) is 0 Å². The fraction of sp³-hybridized carbons (Fsp3) is 0.462. The number of hydrogen-bond acceptors (Lipinski definition) is 2. The maximum absolute atomic E-state index is 5.94. The van der Waals surface area contributed by atoms with E-state index in [0.29, 0.717) is 0 Å². The molecule has 0 fully saturated rings. The van der Waals surface area contributed by atoms with Gasteiger partial charge in [-0.15, -0.1) is 24.8 Å². The third-order valence-corrected chi connectivity index (χ3v) is 3.41. The molecule has 0 saturated carbocycles. The Balaban J connectivity index is 0.000000810. The molecule has 18 heavy (non-hydrogen) atoms. The first-order chi connectivity index (χ1) is 7.77. The van der Waals surface area contributed by atoms with Gasteiger partial charge in [0, 0.05) is 36.1 Å². The molecule has 0 aliphatic carbocycles. The van der Waals surface area contributed by atoms with Gasteiger partial charge < -0.3 is 10.3 Å². The molecular formula is C13H19Cl2N3. The van der Waals surface area contributed by atoms with Gasteiger partial charge in [-0.25, -0.2) is 0 Å². The summed E-state index contributed by atoms with van der Waals surface area (Å²) in [6.07, 6.45) is 7.28. The molecule has 0 unspecified atom stereocenters. The van der Waals surface area contributed by atoms with Crippen LogP contribution in [0, 0.1) is 0 Å². The van der Waals surface area contributed by atoms with E-state index in [1.807, 2.05) is 12.4 Å². The highest BCUT2D eigenvalue weighted by Crippen LogP contribution is 2.31. The Bertz CT molecular complexity index is 534. The summed E-state index contributed by atoms with van der Waals surface area (Å²) in [4.78, 5) is 4.24. The third-order valence-electron chi connectivity index (χ3n) is 3.41. The summed E-state index contributed by atoms with van der Waals surface area (Å²) >= 11 is 0. The van der Waals surface area contributed by atoms with Crippen LogP contribution < -0.4 is 5.73 Å². The number of pyridine rings is 1. The second kappa shape index (κ2) is 5.91. The smallest absolute Gasteiger partial charge is 0.0516 e. The monoisotopic (exact) mass is 287 g/mol. The van der Waals surface area contributed by atoms with Gasteiger partial charge in [0.05, 0.1) is 5.52 Å². The molecule has 2 aromatic rings. The molecule has 2 aromatic heterocycles. The fourth-order valence-electron chi connectivity index (χ4n) is 2.81. The average molecular weight is 288 g/mol. The van der Waals surface area contributed by atoms with Crippen LogP contribution in [0.2, 0.25) is 0 Å². The van der Waals surface area contributed by atoms with Crippen molar-refractivity contribution in [3.05, 3.63) is 29.7 Å². The van der Waals surface area contributed by atoms with Crippen molar-refractivity contribution in [3.63, 3.8) is 0 Å². The van der Waals surface area contributed by atoms with Crippen LogP contribution in [0.5, 0.6) is 0 Å². The molecule has 3 nitrogen and oxygen atoms in total. The van der Waals surface area contributed by atoms with Gasteiger partial charge in [-0.3, -0.25) is 4.98 Å². The van der Waals surface area contributed by atoms with Crippen LogP contribution in [0.4, 0.5) is 0 Å². The number of hydrogen-bond donors (Lipinski definition) is 1. The summed E-state index contributed by atoms with van der Waals surface area (Å²) in [6, 6.07) is 2.34. The van der Waals surface area contributed by atoms with Crippen molar-refractivity contribution in [2.45, 2.75) is 38.8 Å². The standard InChI is InChI=1S/C13H17N3.2ClH/c1-9(14)7-10-11-8-15-5-4-13(11)16-6-2-3-12(10)16;;/h4-5,8-9H,2-3,6-7,14H2,1H3;2*1H/t9-;;/m0../s1. The highest BCUT2D eigenvalue weighted by molar-refractivity contribution is 5.86. The van der Waals surface area contributed by atoms with Gasteiger partial charge in [0.2, 0.25) is 0 Å². The van der Waals surface area contributed by atoms with Crippen molar-refractivity contribution < 1.29 is 0 Å². The Hall–Kier alpha value is -0.770. The molecule has 1 aliphatic rings. The van der Waals surface area contributed by atoms with Gasteiger partial charge >= 0.3 is 0 Å².